The highest BCUT2D eigenvalue weighted by atomic mass is 19.2. The summed E-state index contributed by atoms with van der Waals surface area (Å²) in [7, 11) is 0. The van der Waals surface area contributed by atoms with Gasteiger partial charge >= 0.3 is 5.97 Å². The Hall–Kier alpha value is -2.80. The molecule has 0 saturated carbocycles. The maximum absolute atomic E-state index is 13.5. The highest BCUT2D eigenvalue weighted by Crippen LogP contribution is 2.29. The number of carbonyl (C=O) groups excluding carboxylic acids is 1. The van der Waals surface area contributed by atoms with Crippen LogP contribution in [0.25, 0.3) is 0 Å². The smallest absolute Gasteiger partial charge is 0.313 e. The van der Waals surface area contributed by atoms with Gasteiger partial charge in [0.2, 0.25) is 34.8 Å². The van der Waals surface area contributed by atoms with E-state index in [9.17, 15) is 26.7 Å². The van der Waals surface area contributed by atoms with Gasteiger partial charge in [-0.3, -0.25) is 4.79 Å². The molecule has 0 spiro atoms. The number of carbonyl (C=O) groups is 1. The van der Waals surface area contributed by atoms with Crippen molar-refractivity contribution >= 4 is 5.97 Å². The fraction of sp³-hybridized carbons (Fsp3) is 0.594. The summed E-state index contributed by atoms with van der Waals surface area (Å²) >= 11 is 0. The number of rotatable bonds is 30. The molecule has 2 rings (SSSR count). The van der Waals surface area contributed by atoms with Crippen LogP contribution in [0.5, 0.6) is 5.75 Å². The molecule has 48 heavy (non-hydrogen) atoms. The van der Waals surface area contributed by atoms with Crippen molar-refractivity contribution in [2.24, 2.45) is 0 Å². The summed E-state index contributed by atoms with van der Waals surface area (Å²) in [6.45, 7) is 6.61. The third kappa shape index (κ3) is 18.7. The van der Waals surface area contributed by atoms with Gasteiger partial charge in [-0.1, -0.05) is 30.3 Å². The van der Waals surface area contributed by atoms with E-state index >= 15 is 0 Å². The first kappa shape index (κ1) is 41.4. The van der Waals surface area contributed by atoms with E-state index in [0.29, 0.717) is 92.5 Å². The summed E-state index contributed by atoms with van der Waals surface area (Å²) in [5.41, 5.74) is 1.13. The van der Waals surface area contributed by atoms with Gasteiger partial charge in [-0.25, -0.2) is 13.2 Å². The van der Waals surface area contributed by atoms with E-state index in [1.807, 2.05) is 30.3 Å². The largest absolute Gasteiger partial charge is 0.420 e. The molecule has 0 atom stereocenters. The van der Waals surface area contributed by atoms with E-state index < -0.39 is 47.2 Å². The van der Waals surface area contributed by atoms with E-state index in [0.717, 1.165) is 5.56 Å². The van der Waals surface area contributed by atoms with E-state index in [1.165, 1.54) is 0 Å². The summed E-state index contributed by atoms with van der Waals surface area (Å²) in [6.07, 6.45) is -0.484. The molecule has 0 radical (unpaired) electrons. The molecule has 0 saturated heterocycles. The van der Waals surface area contributed by atoms with Crippen molar-refractivity contribution in [1.29, 1.82) is 0 Å². The SMILES string of the molecule is O=C(CCOCCOCCOCCOCCOCCOCCOCCOCCOCc1ccccc1)Oc1c(F)c(F)c(F)c(F)c1F. The lowest BCUT2D eigenvalue weighted by Gasteiger charge is -2.09. The minimum atomic E-state index is -2.35. The number of hydrogen-bond donors (Lipinski definition) is 0. The predicted octanol–water partition coefficient (Wildman–Crippen LogP) is 4.03. The van der Waals surface area contributed by atoms with Crippen LogP contribution < -0.4 is 4.74 Å². The van der Waals surface area contributed by atoms with E-state index in [2.05, 4.69) is 4.74 Å². The fourth-order valence-corrected chi connectivity index (χ4v) is 3.52. The fourth-order valence-electron chi connectivity index (χ4n) is 3.52. The Bertz CT molecular complexity index is 1100. The maximum atomic E-state index is 13.5. The zero-order chi connectivity index (χ0) is 34.7. The van der Waals surface area contributed by atoms with E-state index in [-0.39, 0.29) is 26.4 Å². The minimum Gasteiger partial charge on any atom is -0.420 e. The summed E-state index contributed by atoms with van der Waals surface area (Å²) < 4.78 is 119. The molecule has 272 valence electrons. The summed E-state index contributed by atoms with van der Waals surface area (Å²) in [5.74, 6) is -14.1. The number of halogens is 5. The predicted molar refractivity (Wildman–Crippen MR) is 159 cm³/mol. The molecule has 0 bridgehead atoms. The standard InChI is InChI=1S/C32H43F5O11/c33-27-28(34)30(36)32(31(37)29(27)35)48-26(38)6-7-39-8-9-40-10-11-41-12-13-42-14-15-43-16-17-44-18-19-45-20-21-46-22-23-47-24-25-4-2-1-3-5-25/h1-5H,6-24H2. The van der Waals surface area contributed by atoms with Gasteiger partial charge in [0.1, 0.15) is 0 Å². The molecule has 0 unspecified atom stereocenters. The van der Waals surface area contributed by atoms with Crippen molar-refractivity contribution in [2.75, 3.05) is 112 Å². The van der Waals surface area contributed by atoms with Crippen LogP contribution in [0.15, 0.2) is 30.3 Å². The molecule has 0 fully saturated rings. The average Bonchev–Trinajstić information content (AvgIpc) is 3.10. The molecule has 2 aromatic carbocycles. The van der Waals surface area contributed by atoms with Crippen molar-refractivity contribution in [1.82, 2.24) is 0 Å². The quantitative estimate of drug-likeness (QED) is 0.0295. The highest BCUT2D eigenvalue weighted by molar-refractivity contribution is 5.72. The Morgan fingerprint density at radius 2 is 0.729 bits per heavy atom. The molecule has 11 nitrogen and oxygen atoms in total. The Morgan fingerprint density at radius 3 is 1.10 bits per heavy atom. The number of benzene rings is 2. The van der Waals surface area contributed by atoms with Gasteiger partial charge in [-0.2, -0.15) is 8.78 Å². The van der Waals surface area contributed by atoms with Gasteiger partial charge < -0.3 is 47.4 Å². The first-order valence-electron chi connectivity index (χ1n) is 15.4. The highest BCUT2D eigenvalue weighted by Gasteiger charge is 2.28. The second kappa shape index (κ2) is 27.1. The molecule has 0 aromatic heterocycles. The molecular weight excluding hydrogens is 655 g/mol. The van der Waals surface area contributed by atoms with Crippen molar-refractivity contribution in [3.63, 3.8) is 0 Å². The van der Waals surface area contributed by atoms with Gasteiger partial charge in [0.25, 0.3) is 0 Å². The van der Waals surface area contributed by atoms with Crippen molar-refractivity contribution in [3.05, 3.63) is 65.0 Å². The van der Waals surface area contributed by atoms with Crippen molar-refractivity contribution in [3.8, 4) is 5.75 Å². The Morgan fingerprint density at radius 1 is 0.417 bits per heavy atom. The first-order chi connectivity index (χ1) is 23.4. The third-order valence-electron chi connectivity index (χ3n) is 5.92. The van der Waals surface area contributed by atoms with Crippen LogP contribution in [-0.2, 0) is 54.0 Å². The molecule has 0 aliphatic carbocycles. The van der Waals surface area contributed by atoms with Gasteiger partial charge in [-0.15, -0.1) is 0 Å². The van der Waals surface area contributed by atoms with Crippen LogP contribution in [0.4, 0.5) is 22.0 Å². The van der Waals surface area contributed by atoms with Gasteiger partial charge in [0.05, 0.1) is 125 Å². The number of hydrogen-bond acceptors (Lipinski definition) is 11. The topological polar surface area (TPSA) is 109 Å². The Kier molecular flexibility index (Phi) is 23.3. The summed E-state index contributed by atoms with van der Waals surface area (Å²) in [6, 6.07) is 9.96. The molecule has 0 amide bonds. The molecule has 16 heteroatoms. The second-order valence-electron chi connectivity index (χ2n) is 9.56. The monoisotopic (exact) mass is 698 g/mol. The van der Waals surface area contributed by atoms with E-state index in [1.54, 1.807) is 0 Å². The van der Waals surface area contributed by atoms with Crippen LogP contribution >= 0.6 is 0 Å². The zero-order valence-corrected chi connectivity index (χ0v) is 26.7. The second-order valence-corrected chi connectivity index (χ2v) is 9.56. The third-order valence-corrected chi connectivity index (χ3v) is 5.92. The lowest BCUT2D eigenvalue weighted by Crippen LogP contribution is -2.16. The number of esters is 1. The normalized spacial score (nSPS) is 11.4. The molecule has 0 heterocycles. The first-order valence-corrected chi connectivity index (χ1v) is 15.4. The van der Waals surface area contributed by atoms with Crippen LogP contribution in [-0.4, -0.2) is 118 Å². The number of ether oxygens (including phenoxy) is 10. The molecule has 2 aromatic rings. The molecular formula is C32H43F5O11. The lowest BCUT2D eigenvalue weighted by molar-refractivity contribution is -0.136. The molecule has 0 aliphatic heterocycles. The molecule has 0 aliphatic rings. The Labute approximate surface area is 276 Å². The lowest BCUT2D eigenvalue weighted by atomic mass is 10.2. The van der Waals surface area contributed by atoms with Crippen LogP contribution in [0.1, 0.15) is 12.0 Å². The maximum Gasteiger partial charge on any atom is 0.313 e. The zero-order valence-electron chi connectivity index (χ0n) is 26.7. The van der Waals surface area contributed by atoms with Gasteiger partial charge in [0, 0.05) is 0 Å². The van der Waals surface area contributed by atoms with Crippen LogP contribution in [0.2, 0.25) is 0 Å². The van der Waals surface area contributed by atoms with E-state index in [4.69, 9.17) is 42.6 Å². The summed E-state index contributed by atoms with van der Waals surface area (Å²) in [4.78, 5) is 11.6. The summed E-state index contributed by atoms with van der Waals surface area (Å²) in [5, 5.41) is 0. The average molecular weight is 699 g/mol. The molecule has 0 N–H and O–H groups in total. The van der Waals surface area contributed by atoms with Gasteiger partial charge in [-0.05, 0) is 5.56 Å². The Balaban J connectivity index is 1.23. The minimum absolute atomic E-state index is 0.0835. The van der Waals surface area contributed by atoms with Crippen LogP contribution in [0, 0.1) is 29.1 Å². The van der Waals surface area contributed by atoms with Crippen molar-refractivity contribution in [2.45, 2.75) is 13.0 Å². The van der Waals surface area contributed by atoms with Gasteiger partial charge in [0.15, 0.2) is 0 Å². The van der Waals surface area contributed by atoms with Crippen molar-refractivity contribution < 1.29 is 74.1 Å². The van der Waals surface area contributed by atoms with Crippen LogP contribution in [0.3, 0.4) is 0 Å².